The van der Waals surface area contributed by atoms with Gasteiger partial charge in [-0.3, -0.25) is 4.79 Å². The average Bonchev–Trinajstić information content (AvgIpc) is 3.16. The molecule has 0 spiro atoms. The molecule has 1 amide bonds. The number of carbonyl (C=O) groups excluding carboxylic acids is 1. The molecule has 0 saturated carbocycles. The summed E-state index contributed by atoms with van der Waals surface area (Å²) in [6.45, 7) is 9.65. The lowest BCUT2D eigenvalue weighted by Crippen LogP contribution is -2.43. The number of nitrogens with one attached hydrogen (secondary N) is 3. The third kappa shape index (κ3) is 9.21. The van der Waals surface area contributed by atoms with Gasteiger partial charge in [0.2, 0.25) is 5.91 Å². The molecule has 1 heterocycles. The van der Waals surface area contributed by atoms with Crippen LogP contribution in [0.1, 0.15) is 37.7 Å². The van der Waals surface area contributed by atoms with Crippen molar-refractivity contribution in [3.8, 4) is 5.75 Å². The van der Waals surface area contributed by atoms with Crippen LogP contribution >= 0.6 is 24.0 Å². The lowest BCUT2D eigenvalue weighted by Gasteiger charge is -2.15. The van der Waals surface area contributed by atoms with Gasteiger partial charge in [0.1, 0.15) is 11.5 Å². The van der Waals surface area contributed by atoms with Gasteiger partial charge in [-0.1, -0.05) is 12.1 Å². The van der Waals surface area contributed by atoms with Gasteiger partial charge in [0.15, 0.2) is 5.96 Å². The van der Waals surface area contributed by atoms with Crippen molar-refractivity contribution in [2.75, 3.05) is 13.1 Å². The third-order valence-electron chi connectivity index (χ3n) is 3.79. The molecule has 160 valence electrons. The SMILES string of the molecule is CCNC(=NCc1ccc(C)cc1OC(C)C)NCC(=O)NCc1ccco1.I. The van der Waals surface area contributed by atoms with Gasteiger partial charge in [-0.2, -0.15) is 0 Å². The van der Waals surface area contributed by atoms with Crippen LogP contribution in [0.15, 0.2) is 46.0 Å². The van der Waals surface area contributed by atoms with E-state index in [0.717, 1.165) is 16.9 Å². The first-order chi connectivity index (χ1) is 13.5. The van der Waals surface area contributed by atoms with E-state index in [-0.39, 0.29) is 42.5 Å². The van der Waals surface area contributed by atoms with Crippen LogP contribution in [0.4, 0.5) is 0 Å². The maximum Gasteiger partial charge on any atom is 0.239 e. The monoisotopic (exact) mass is 514 g/mol. The molecule has 1 aromatic carbocycles. The fourth-order valence-electron chi connectivity index (χ4n) is 2.49. The second-order valence-corrected chi connectivity index (χ2v) is 6.68. The molecule has 0 aliphatic carbocycles. The van der Waals surface area contributed by atoms with Gasteiger partial charge < -0.3 is 25.1 Å². The summed E-state index contributed by atoms with van der Waals surface area (Å²) in [7, 11) is 0. The van der Waals surface area contributed by atoms with E-state index in [1.165, 1.54) is 0 Å². The number of rotatable bonds is 9. The normalized spacial score (nSPS) is 11.0. The summed E-state index contributed by atoms with van der Waals surface area (Å²) in [4.78, 5) is 16.6. The number of aryl methyl sites for hydroxylation is 1. The van der Waals surface area contributed by atoms with Crippen molar-refractivity contribution in [2.45, 2.75) is 46.9 Å². The molecule has 7 nitrogen and oxygen atoms in total. The molecule has 2 rings (SSSR count). The van der Waals surface area contributed by atoms with Crippen LogP contribution in [-0.2, 0) is 17.9 Å². The Morgan fingerprint density at radius 2 is 2.00 bits per heavy atom. The molecule has 29 heavy (non-hydrogen) atoms. The predicted molar refractivity (Wildman–Crippen MR) is 126 cm³/mol. The Bertz CT molecular complexity index is 776. The number of nitrogens with zero attached hydrogens (tertiary/aromatic N) is 1. The van der Waals surface area contributed by atoms with Gasteiger partial charge in [-0.15, -0.1) is 24.0 Å². The molecule has 3 N–H and O–H groups in total. The number of guanidine groups is 1. The first-order valence-corrected chi connectivity index (χ1v) is 9.55. The largest absolute Gasteiger partial charge is 0.491 e. The second-order valence-electron chi connectivity index (χ2n) is 6.68. The molecule has 0 saturated heterocycles. The van der Waals surface area contributed by atoms with Crippen molar-refractivity contribution in [1.29, 1.82) is 0 Å². The molecule has 0 fully saturated rings. The first-order valence-electron chi connectivity index (χ1n) is 9.55. The van der Waals surface area contributed by atoms with E-state index in [9.17, 15) is 4.79 Å². The number of halogens is 1. The molecular formula is C21H31IN4O3. The van der Waals surface area contributed by atoms with Crippen LogP contribution in [0.3, 0.4) is 0 Å². The van der Waals surface area contributed by atoms with Crippen LogP contribution in [0, 0.1) is 6.92 Å². The summed E-state index contributed by atoms with van der Waals surface area (Å²) < 4.78 is 11.1. The Morgan fingerprint density at radius 1 is 1.21 bits per heavy atom. The molecule has 0 bridgehead atoms. The zero-order chi connectivity index (χ0) is 20.4. The zero-order valence-electron chi connectivity index (χ0n) is 17.5. The van der Waals surface area contributed by atoms with Crippen molar-refractivity contribution in [3.63, 3.8) is 0 Å². The minimum Gasteiger partial charge on any atom is -0.491 e. The average molecular weight is 514 g/mol. The standard InChI is InChI=1S/C21H30N4O3.HI/c1-5-22-21(25-14-20(26)23-13-18-7-6-10-27-18)24-12-17-9-8-16(4)11-19(17)28-15(2)3;/h6-11,15H,5,12-14H2,1-4H3,(H,23,26)(H2,22,24,25);1H. The highest BCUT2D eigenvalue weighted by Gasteiger charge is 2.08. The Hall–Kier alpha value is -2.23. The highest BCUT2D eigenvalue weighted by molar-refractivity contribution is 14.0. The van der Waals surface area contributed by atoms with Crippen molar-refractivity contribution in [1.82, 2.24) is 16.0 Å². The Balaban J connectivity index is 0.00000420. The summed E-state index contributed by atoms with van der Waals surface area (Å²) in [6, 6.07) is 9.69. The number of aliphatic imine (C=N–C) groups is 1. The van der Waals surface area contributed by atoms with E-state index in [4.69, 9.17) is 9.15 Å². The summed E-state index contributed by atoms with van der Waals surface area (Å²) in [6.07, 6.45) is 1.67. The summed E-state index contributed by atoms with van der Waals surface area (Å²) in [5.41, 5.74) is 2.14. The second kappa shape index (κ2) is 13.1. The van der Waals surface area contributed by atoms with Crippen molar-refractivity contribution in [3.05, 3.63) is 53.5 Å². The lowest BCUT2D eigenvalue weighted by molar-refractivity contribution is -0.120. The predicted octanol–water partition coefficient (Wildman–Crippen LogP) is 3.36. The molecule has 0 aliphatic rings. The van der Waals surface area contributed by atoms with E-state index in [1.807, 2.05) is 52.0 Å². The molecule has 2 aromatic rings. The molecule has 0 unspecified atom stereocenters. The summed E-state index contributed by atoms with van der Waals surface area (Å²) in [5.74, 6) is 1.99. The van der Waals surface area contributed by atoms with Crippen LogP contribution in [0.2, 0.25) is 0 Å². The van der Waals surface area contributed by atoms with E-state index < -0.39 is 0 Å². The first kappa shape index (κ1) is 24.8. The molecule has 0 radical (unpaired) electrons. The van der Waals surface area contributed by atoms with Crippen LogP contribution < -0.4 is 20.7 Å². The number of ether oxygens (including phenoxy) is 1. The number of hydrogen-bond acceptors (Lipinski definition) is 4. The molecule has 1 aromatic heterocycles. The number of hydrogen-bond donors (Lipinski definition) is 3. The van der Waals surface area contributed by atoms with Crippen LogP contribution in [0.5, 0.6) is 5.75 Å². The van der Waals surface area contributed by atoms with E-state index in [2.05, 4.69) is 20.9 Å². The maximum absolute atomic E-state index is 12.0. The van der Waals surface area contributed by atoms with Crippen molar-refractivity contribution < 1.29 is 13.9 Å². The van der Waals surface area contributed by atoms with Gasteiger partial charge in [0.25, 0.3) is 0 Å². The fourth-order valence-corrected chi connectivity index (χ4v) is 2.49. The van der Waals surface area contributed by atoms with Gasteiger partial charge in [0.05, 0.1) is 32.0 Å². The zero-order valence-corrected chi connectivity index (χ0v) is 19.8. The quantitative estimate of drug-likeness (QED) is 0.272. The molecule has 8 heteroatoms. The third-order valence-corrected chi connectivity index (χ3v) is 3.79. The molecular weight excluding hydrogens is 483 g/mol. The highest BCUT2D eigenvalue weighted by atomic mass is 127. The summed E-state index contributed by atoms with van der Waals surface area (Å²) >= 11 is 0. The minimum absolute atomic E-state index is 0. The number of benzene rings is 1. The van der Waals surface area contributed by atoms with Gasteiger partial charge >= 0.3 is 0 Å². The van der Waals surface area contributed by atoms with Crippen LogP contribution in [-0.4, -0.2) is 31.1 Å². The summed E-state index contributed by atoms with van der Waals surface area (Å²) in [5, 5.41) is 8.99. The minimum atomic E-state index is -0.138. The number of carbonyl (C=O) groups is 1. The van der Waals surface area contributed by atoms with Crippen LogP contribution in [0.25, 0.3) is 0 Å². The number of amides is 1. The Labute approximate surface area is 189 Å². The van der Waals surface area contributed by atoms with E-state index in [0.29, 0.717) is 31.4 Å². The Morgan fingerprint density at radius 3 is 2.66 bits per heavy atom. The lowest BCUT2D eigenvalue weighted by atomic mass is 10.1. The number of furan rings is 1. The van der Waals surface area contributed by atoms with E-state index >= 15 is 0 Å². The highest BCUT2D eigenvalue weighted by Crippen LogP contribution is 2.22. The fraction of sp³-hybridized carbons (Fsp3) is 0.429. The van der Waals surface area contributed by atoms with Gasteiger partial charge in [-0.05, 0) is 51.5 Å². The van der Waals surface area contributed by atoms with Gasteiger partial charge in [0, 0.05) is 12.1 Å². The van der Waals surface area contributed by atoms with Crippen molar-refractivity contribution in [2.24, 2.45) is 4.99 Å². The topological polar surface area (TPSA) is 87.9 Å². The van der Waals surface area contributed by atoms with E-state index in [1.54, 1.807) is 12.3 Å². The Kier molecular flexibility index (Phi) is 11.2. The molecule has 0 atom stereocenters. The smallest absolute Gasteiger partial charge is 0.239 e. The van der Waals surface area contributed by atoms with Crippen molar-refractivity contribution >= 4 is 35.8 Å². The molecule has 0 aliphatic heterocycles. The maximum atomic E-state index is 12.0. The van der Waals surface area contributed by atoms with Gasteiger partial charge in [-0.25, -0.2) is 4.99 Å².